The van der Waals surface area contributed by atoms with Gasteiger partial charge in [-0.3, -0.25) is 4.21 Å². The molecule has 3 unspecified atom stereocenters. The monoisotopic (exact) mass is 264 g/mol. The minimum absolute atomic E-state index is 0.248. The van der Waals surface area contributed by atoms with E-state index >= 15 is 0 Å². The first-order valence-electron chi connectivity index (χ1n) is 5.35. The molecule has 0 aromatic rings. The molecule has 0 aromatic heterocycles. The molecule has 0 aliphatic heterocycles. The number of rotatable bonds is 6. The predicted octanol–water partition coefficient (Wildman–Crippen LogP) is 0.258. The summed E-state index contributed by atoms with van der Waals surface area (Å²) in [7, 11) is 0.442. The van der Waals surface area contributed by atoms with E-state index in [-0.39, 0.29) is 6.04 Å². The second-order valence-corrected chi connectivity index (χ2v) is 5.44. The first-order valence-corrected chi connectivity index (χ1v) is 7.08. The molecule has 100 valence electrons. The van der Waals surface area contributed by atoms with Crippen LogP contribution in [0.15, 0.2) is 0 Å². The third-order valence-electron chi connectivity index (χ3n) is 2.31. The average Bonchev–Trinajstić information content (AvgIpc) is 2.16. The number of carbonyl (C=O) groups is 2. The van der Waals surface area contributed by atoms with E-state index in [9.17, 15) is 13.8 Å². The van der Waals surface area contributed by atoms with E-state index in [0.717, 1.165) is 4.90 Å². The standard InChI is InChI=1S/C10H20N2O4S/c1-5-8(9(13)14)12(3)10(15)11-7(2)6-17(4)16/h7-8H,5-6H2,1-4H3,(H,11,15)(H,13,14). The van der Waals surface area contributed by atoms with Crippen LogP contribution in [0.3, 0.4) is 0 Å². The number of carboxylic acids is 1. The molecule has 0 radical (unpaired) electrons. The Hall–Kier alpha value is -1.11. The summed E-state index contributed by atoms with van der Waals surface area (Å²) in [6, 6.07) is -1.55. The molecule has 0 rings (SSSR count). The van der Waals surface area contributed by atoms with Crippen molar-refractivity contribution in [2.75, 3.05) is 19.1 Å². The number of nitrogens with zero attached hydrogens (tertiary/aromatic N) is 1. The molecular weight excluding hydrogens is 244 g/mol. The lowest BCUT2D eigenvalue weighted by molar-refractivity contribution is -0.141. The van der Waals surface area contributed by atoms with Crippen molar-refractivity contribution < 1.29 is 18.9 Å². The van der Waals surface area contributed by atoms with Crippen LogP contribution in [0, 0.1) is 0 Å². The van der Waals surface area contributed by atoms with Crippen LogP contribution < -0.4 is 5.32 Å². The zero-order valence-corrected chi connectivity index (χ0v) is 11.4. The second kappa shape index (κ2) is 7.26. The lowest BCUT2D eigenvalue weighted by Gasteiger charge is -2.25. The molecule has 6 nitrogen and oxygen atoms in total. The van der Waals surface area contributed by atoms with Crippen LogP contribution in [-0.2, 0) is 15.6 Å². The molecule has 0 fully saturated rings. The fraction of sp³-hybridized carbons (Fsp3) is 0.800. The van der Waals surface area contributed by atoms with Gasteiger partial charge in [-0.05, 0) is 13.3 Å². The predicted molar refractivity (Wildman–Crippen MR) is 66.4 cm³/mol. The number of aliphatic carboxylic acids is 1. The Labute approximate surface area is 104 Å². The van der Waals surface area contributed by atoms with Gasteiger partial charge in [-0.2, -0.15) is 0 Å². The molecule has 0 saturated heterocycles. The van der Waals surface area contributed by atoms with Gasteiger partial charge in [0.2, 0.25) is 0 Å². The van der Waals surface area contributed by atoms with Crippen molar-refractivity contribution in [1.29, 1.82) is 0 Å². The number of carboxylic acid groups (broad SMARTS) is 1. The number of nitrogens with one attached hydrogen (secondary N) is 1. The number of amides is 2. The molecule has 2 amide bonds. The highest BCUT2D eigenvalue weighted by atomic mass is 32.2. The van der Waals surface area contributed by atoms with Crippen LogP contribution in [0.5, 0.6) is 0 Å². The fourth-order valence-corrected chi connectivity index (χ4v) is 2.25. The van der Waals surface area contributed by atoms with Crippen LogP contribution in [0.1, 0.15) is 20.3 Å². The molecule has 0 aromatic carbocycles. The maximum absolute atomic E-state index is 11.7. The molecule has 7 heteroatoms. The van der Waals surface area contributed by atoms with Crippen molar-refractivity contribution in [2.24, 2.45) is 0 Å². The molecule has 0 bridgehead atoms. The van der Waals surface area contributed by atoms with Crippen LogP contribution in [0.25, 0.3) is 0 Å². The second-order valence-electron chi connectivity index (χ2n) is 3.96. The number of hydrogen-bond donors (Lipinski definition) is 2. The summed E-state index contributed by atoms with van der Waals surface area (Å²) in [5.41, 5.74) is 0. The highest BCUT2D eigenvalue weighted by Crippen LogP contribution is 2.02. The van der Waals surface area contributed by atoms with Gasteiger partial charge in [0.15, 0.2) is 0 Å². The number of urea groups is 1. The Kier molecular flexibility index (Phi) is 6.79. The third kappa shape index (κ3) is 5.67. The minimum Gasteiger partial charge on any atom is -0.480 e. The maximum atomic E-state index is 11.7. The Morgan fingerprint density at radius 2 is 2.00 bits per heavy atom. The van der Waals surface area contributed by atoms with Gasteiger partial charge in [-0.15, -0.1) is 0 Å². The molecule has 0 heterocycles. The van der Waals surface area contributed by atoms with E-state index in [2.05, 4.69) is 5.32 Å². The van der Waals surface area contributed by atoms with Crippen molar-refractivity contribution in [3.63, 3.8) is 0 Å². The van der Waals surface area contributed by atoms with Gasteiger partial charge >= 0.3 is 12.0 Å². The molecule has 0 saturated carbocycles. The maximum Gasteiger partial charge on any atom is 0.326 e. The Bertz CT molecular complexity index is 309. The lowest BCUT2D eigenvalue weighted by atomic mass is 10.2. The third-order valence-corrected chi connectivity index (χ3v) is 3.28. The van der Waals surface area contributed by atoms with E-state index in [4.69, 9.17) is 5.11 Å². The fourth-order valence-electron chi connectivity index (χ4n) is 1.46. The quantitative estimate of drug-likeness (QED) is 0.720. The number of likely N-dealkylation sites (N-methyl/N-ethyl adjacent to an activating group) is 1. The summed E-state index contributed by atoms with van der Waals surface area (Å²) in [6.07, 6.45) is 1.89. The van der Waals surface area contributed by atoms with E-state index in [1.807, 2.05) is 0 Å². The van der Waals surface area contributed by atoms with Crippen LogP contribution in [0.4, 0.5) is 4.79 Å². The highest BCUT2D eigenvalue weighted by Gasteiger charge is 2.25. The highest BCUT2D eigenvalue weighted by molar-refractivity contribution is 7.84. The van der Waals surface area contributed by atoms with Crippen LogP contribution in [-0.4, -0.2) is 57.4 Å². The molecule has 0 aliphatic carbocycles. The van der Waals surface area contributed by atoms with Gasteiger partial charge < -0.3 is 15.3 Å². The summed E-state index contributed by atoms with van der Waals surface area (Å²) < 4.78 is 11.0. The van der Waals surface area contributed by atoms with Gasteiger partial charge in [0, 0.05) is 35.9 Å². The van der Waals surface area contributed by atoms with E-state index in [1.54, 1.807) is 20.1 Å². The van der Waals surface area contributed by atoms with E-state index < -0.39 is 28.8 Å². The largest absolute Gasteiger partial charge is 0.480 e. The van der Waals surface area contributed by atoms with Crippen molar-refractivity contribution in [1.82, 2.24) is 10.2 Å². The molecule has 17 heavy (non-hydrogen) atoms. The zero-order chi connectivity index (χ0) is 13.6. The first kappa shape index (κ1) is 15.9. The number of hydrogen-bond acceptors (Lipinski definition) is 3. The van der Waals surface area contributed by atoms with Gasteiger partial charge in [0.1, 0.15) is 6.04 Å². The summed E-state index contributed by atoms with van der Waals surface area (Å²) >= 11 is 0. The smallest absolute Gasteiger partial charge is 0.326 e. The minimum atomic E-state index is -1.03. The van der Waals surface area contributed by atoms with Crippen LogP contribution >= 0.6 is 0 Å². The number of carbonyl (C=O) groups excluding carboxylic acids is 1. The summed E-state index contributed by atoms with van der Waals surface area (Å²) in [5.74, 6) is -0.680. The average molecular weight is 264 g/mol. The molecule has 2 N–H and O–H groups in total. The summed E-state index contributed by atoms with van der Waals surface area (Å²) in [5, 5.41) is 11.5. The van der Waals surface area contributed by atoms with Crippen LogP contribution in [0.2, 0.25) is 0 Å². The molecule has 0 aliphatic rings. The van der Waals surface area contributed by atoms with Gasteiger partial charge in [-0.1, -0.05) is 6.92 Å². The topological polar surface area (TPSA) is 86.7 Å². The Morgan fingerprint density at radius 3 is 2.35 bits per heavy atom. The van der Waals surface area contributed by atoms with Gasteiger partial charge in [0.05, 0.1) is 0 Å². The first-order chi connectivity index (χ1) is 7.79. The normalized spacial score (nSPS) is 15.8. The molecular formula is C10H20N2O4S. The van der Waals surface area contributed by atoms with E-state index in [0.29, 0.717) is 12.2 Å². The van der Waals surface area contributed by atoms with Crippen molar-refractivity contribution in [3.05, 3.63) is 0 Å². The van der Waals surface area contributed by atoms with Crippen molar-refractivity contribution in [2.45, 2.75) is 32.4 Å². The SMILES string of the molecule is CCC(C(=O)O)N(C)C(=O)NC(C)CS(C)=O. The van der Waals surface area contributed by atoms with Crippen molar-refractivity contribution in [3.8, 4) is 0 Å². The van der Waals surface area contributed by atoms with Crippen molar-refractivity contribution >= 4 is 22.8 Å². The summed E-state index contributed by atoms with van der Waals surface area (Å²) in [6.45, 7) is 3.43. The Balaban J connectivity index is 4.39. The Morgan fingerprint density at radius 1 is 1.47 bits per heavy atom. The molecule has 0 spiro atoms. The van der Waals surface area contributed by atoms with E-state index in [1.165, 1.54) is 7.05 Å². The molecule has 3 atom stereocenters. The lowest BCUT2D eigenvalue weighted by Crippen LogP contribution is -2.50. The summed E-state index contributed by atoms with van der Waals surface area (Å²) in [4.78, 5) is 23.7. The van der Waals surface area contributed by atoms with Gasteiger partial charge in [0.25, 0.3) is 0 Å². The zero-order valence-electron chi connectivity index (χ0n) is 10.6. The van der Waals surface area contributed by atoms with Gasteiger partial charge in [-0.25, -0.2) is 9.59 Å².